The Balaban J connectivity index is 1.82. The third-order valence-corrected chi connectivity index (χ3v) is 4.33. The van der Waals surface area contributed by atoms with Gasteiger partial charge in [-0.25, -0.2) is 0 Å². The fourth-order valence-electron chi connectivity index (χ4n) is 2.38. The largest absolute Gasteiger partial charge is 0.496 e. The molecule has 0 saturated carbocycles. The number of hydrogen-bond acceptors (Lipinski definition) is 4. The normalized spacial score (nSPS) is 13.7. The van der Waals surface area contributed by atoms with Crippen LogP contribution in [0.15, 0.2) is 29.6 Å². The average Bonchev–Trinajstić information content (AvgIpc) is 2.97. The molecule has 5 heteroatoms. The van der Waals surface area contributed by atoms with Gasteiger partial charge in [0.1, 0.15) is 5.75 Å². The van der Waals surface area contributed by atoms with Gasteiger partial charge in [-0.1, -0.05) is 12.1 Å². The summed E-state index contributed by atoms with van der Waals surface area (Å²) in [6.45, 7) is 1.82. The highest BCUT2D eigenvalue weighted by atomic mass is 32.1. The van der Waals surface area contributed by atoms with Gasteiger partial charge in [0.2, 0.25) is 0 Å². The average molecular weight is 288 g/mol. The molecule has 0 atom stereocenters. The van der Waals surface area contributed by atoms with Crippen molar-refractivity contribution in [2.45, 2.75) is 13.0 Å². The minimum atomic E-state index is -0.0785. The number of nitrogens with one attached hydrogen (secondary N) is 2. The molecule has 4 nitrogen and oxygen atoms in total. The SMILES string of the molecule is COc1csc(C(=O)Nc2cccc3c2CCNC3)c1. The first kappa shape index (κ1) is 13.1. The van der Waals surface area contributed by atoms with Crippen molar-refractivity contribution in [1.29, 1.82) is 0 Å². The molecule has 0 fully saturated rings. The number of anilines is 1. The van der Waals surface area contributed by atoms with Crippen molar-refractivity contribution >= 4 is 22.9 Å². The van der Waals surface area contributed by atoms with E-state index < -0.39 is 0 Å². The summed E-state index contributed by atoms with van der Waals surface area (Å²) < 4.78 is 5.11. The predicted octanol–water partition coefficient (Wildman–Crippen LogP) is 2.65. The molecule has 3 rings (SSSR count). The first-order valence-electron chi connectivity index (χ1n) is 6.53. The van der Waals surface area contributed by atoms with Crippen LogP contribution in [0.4, 0.5) is 5.69 Å². The number of amides is 1. The van der Waals surface area contributed by atoms with Gasteiger partial charge in [0, 0.05) is 23.7 Å². The maximum absolute atomic E-state index is 12.3. The summed E-state index contributed by atoms with van der Waals surface area (Å²) in [5.74, 6) is 0.643. The van der Waals surface area contributed by atoms with Gasteiger partial charge in [0.25, 0.3) is 5.91 Å². The molecular weight excluding hydrogens is 272 g/mol. The van der Waals surface area contributed by atoms with Gasteiger partial charge in [-0.3, -0.25) is 4.79 Å². The third kappa shape index (κ3) is 2.55. The molecule has 0 saturated heterocycles. The number of methoxy groups -OCH3 is 1. The Morgan fingerprint density at radius 3 is 3.15 bits per heavy atom. The smallest absolute Gasteiger partial charge is 0.265 e. The molecule has 1 amide bonds. The first-order valence-corrected chi connectivity index (χ1v) is 7.41. The van der Waals surface area contributed by atoms with Crippen molar-refractivity contribution in [3.05, 3.63) is 45.6 Å². The second-order valence-corrected chi connectivity index (χ2v) is 5.59. The van der Waals surface area contributed by atoms with Crippen LogP contribution in [0.3, 0.4) is 0 Å². The number of fused-ring (bicyclic) bond motifs is 1. The summed E-state index contributed by atoms with van der Waals surface area (Å²) in [5, 5.41) is 8.18. The Bertz CT molecular complexity index is 637. The fourth-order valence-corrected chi connectivity index (χ4v) is 3.13. The van der Waals surface area contributed by atoms with Crippen molar-refractivity contribution < 1.29 is 9.53 Å². The standard InChI is InChI=1S/C15H16N2O2S/c1-19-11-7-14(20-9-11)15(18)17-13-4-2-3-10-8-16-6-5-12(10)13/h2-4,7,9,16H,5-6,8H2,1H3,(H,17,18). The molecule has 0 radical (unpaired) electrons. The second-order valence-electron chi connectivity index (χ2n) is 4.67. The van der Waals surface area contributed by atoms with Crippen molar-refractivity contribution in [2.24, 2.45) is 0 Å². The molecule has 2 N–H and O–H groups in total. The lowest BCUT2D eigenvalue weighted by atomic mass is 9.99. The molecule has 0 spiro atoms. The highest BCUT2D eigenvalue weighted by Gasteiger charge is 2.15. The molecule has 1 aromatic heterocycles. The van der Waals surface area contributed by atoms with E-state index in [-0.39, 0.29) is 5.91 Å². The molecule has 1 aliphatic rings. The first-order chi connectivity index (χ1) is 9.78. The lowest BCUT2D eigenvalue weighted by Gasteiger charge is -2.20. The van der Waals surface area contributed by atoms with Crippen LogP contribution in [0.5, 0.6) is 5.75 Å². The van der Waals surface area contributed by atoms with E-state index in [1.807, 2.05) is 17.5 Å². The van der Waals surface area contributed by atoms with Crippen molar-refractivity contribution in [3.8, 4) is 5.75 Å². The third-order valence-electron chi connectivity index (χ3n) is 3.42. The Morgan fingerprint density at radius 1 is 1.45 bits per heavy atom. The number of carbonyl (C=O) groups excluding carboxylic acids is 1. The van der Waals surface area contributed by atoms with E-state index in [1.165, 1.54) is 22.5 Å². The Kier molecular flexibility index (Phi) is 3.71. The monoisotopic (exact) mass is 288 g/mol. The summed E-state index contributed by atoms with van der Waals surface area (Å²) in [5.41, 5.74) is 3.42. The zero-order valence-electron chi connectivity index (χ0n) is 11.2. The number of rotatable bonds is 3. The van der Waals surface area contributed by atoms with E-state index in [1.54, 1.807) is 13.2 Å². The minimum absolute atomic E-state index is 0.0785. The van der Waals surface area contributed by atoms with Crippen LogP contribution in [-0.4, -0.2) is 19.6 Å². The van der Waals surface area contributed by atoms with Gasteiger partial charge < -0.3 is 15.4 Å². The van der Waals surface area contributed by atoms with E-state index in [0.717, 1.165) is 30.9 Å². The van der Waals surface area contributed by atoms with Crippen molar-refractivity contribution in [1.82, 2.24) is 5.32 Å². The van der Waals surface area contributed by atoms with Crippen LogP contribution >= 0.6 is 11.3 Å². The van der Waals surface area contributed by atoms with Crippen LogP contribution < -0.4 is 15.4 Å². The molecule has 1 aliphatic heterocycles. The molecule has 0 aliphatic carbocycles. The number of ether oxygens (including phenoxy) is 1. The molecule has 104 valence electrons. The van der Waals surface area contributed by atoms with Gasteiger partial charge in [0.05, 0.1) is 12.0 Å². The maximum Gasteiger partial charge on any atom is 0.265 e. The summed E-state index contributed by atoms with van der Waals surface area (Å²) in [7, 11) is 1.60. The van der Waals surface area contributed by atoms with E-state index in [2.05, 4.69) is 16.7 Å². The summed E-state index contributed by atoms with van der Waals surface area (Å²) >= 11 is 1.39. The van der Waals surface area contributed by atoms with Gasteiger partial charge in [-0.05, 0) is 30.2 Å². The van der Waals surface area contributed by atoms with Crippen molar-refractivity contribution in [2.75, 3.05) is 19.0 Å². The van der Waals surface area contributed by atoms with Crippen LogP contribution in [0.2, 0.25) is 0 Å². The summed E-state index contributed by atoms with van der Waals surface area (Å²) in [4.78, 5) is 12.9. The lowest BCUT2D eigenvalue weighted by molar-refractivity contribution is 0.103. The number of carbonyl (C=O) groups is 1. The molecule has 1 aromatic carbocycles. The van der Waals surface area contributed by atoms with Crippen LogP contribution in [-0.2, 0) is 13.0 Å². The van der Waals surface area contributed by atoms with Crippen molar-refractivity contribution in [3.63, 3.8) is 0 Å². The zero-order chi connectivity index (χ0) is 13.9. The molecule has 2 aromatic rings. The Hall–Kier alpha value is -1.85. The summed E-state index contributed by atoms with van der Waals surface area (Å²) in [6.07, 6.45) is 0.944. The van der Waals surface area contributed by atoms with Crippen LogP contribution in [0.25, 0.3) is 0 Å². The molecular formula is C15H16N2O2S. The van der Waals surface area contributed by atoms with E-state index in [9.17, 15) is 4.79 Å². The van der Waals surface area contributed by atoms with Crippen LogP contribution in [0, 0.1) is 0 Å². The summed E-state index contributed by atoms with van der Waals surface area (Å²) in [6, 6.07) is 7.81. The van der Waals surface area contributed by atoms with E-state index in [4.69, 9.17) is 4.74 Å². The van der Waals surface area contributed by atoms with Crippen LogP contribution in [0.1, 0.15) is 20.8 Å². The van der Waals surface area contributed by atoms with E-state index in [0.29, 0.717) is 4.88 Å². The Morgan fingerprint density at radius 2 is 2.35 bits per heavy atom. The molecule has 0 unspecified atom stereocenters. The lowest BCUT2D eigenvalue weighted by Crippen LogP contribution is -2.25. The second kappa shape index (κ2) is 5.64. The van der Waals surface area contributed by atoms with Gasteiger partial charge >= 0.3 is 0 Å². The zero-order valence-corrected chi connectivity index (χ0v) is 12.0. The molecule has 2 heterocycles. The van der Waals surface area contributed by atoms with Gasteiger partial charge in [-0.2, -0.15) is 0 Å². The Labute approximate surface area is 121 Å². The highest BCUT2D eigenvalue weighted by Crippen LogP contribution is 2.26. The van der Waals surface area contributed by atoms with Gasteiger partial charge in [0.15, 0.2) is 0 Å². The number of benzene rings is 1. The van der Waals surface area contributed by atoms with E-state index >= 15 is 0 Å². The number of thiophene rings is 1. The molecule has 0 bridgehead atoms. The quantitative estimate of drug-likeness (QED) is 0.913. The van der Waals surface area contributed by atoms with Gasteiger partial charge in [-0.15, -0.1) is 11.3 Å². The number of hydrogen-bond donors (Lipinski definition) is 2. The molecule has 20 heavy (non-hydrogen) atoms. The highest BCUT2D eigenvalue weighted by molar-refractivity contribution is 7.12. The topological polar surface area (TPSA) is 50.4 Å². The predicted molar refractivity (Wildman–Crippen MR) is 80.7 cm³/mol. The maximum atomic E-state index is 12.3. The minimum Gasteiger partial charge on any atom is -0.496 e. The fraction of sp³-hybridized carbons (Fsp3) is 0.267.